The van der Waals surface area contributed by atoms with E-state index in [2.05, 4.69) is 5.32 Å². The molecule has 2 heterocycles. The maximum absolute atomic E-state index is 13.8. The fourth-order valence-corrected chi connectivity index (χ4v) is 3.62. The number of amides is 2. The van der Waals surface area contributed by atoms with Crippen LogP contribution in [0.3, 0.4) is 0 Å². The summed E-state index contributed by atoms with van der Waals surface area (Å²) in [5.74, 6) is 0.367. The summed E-state index contributed by atoms with van der Waals surface area (Å²) in [6.45, 7) is 2.04. The van der Waals surface area contributed by atoms with Gasteiger partial charge in [0.25, 0.3) is 0 Å². The van der Waals surface area contributed by atoms with E-state index < -0.39 is 0 Å². The first kappa shape index (κ1) is 17.0. The molecule has 2 N–H and O–H groups in total. The Labute approximate surface area is 141 Å². The number of halogens is 1. The maximum atomic E-state index is 13.8. The summed E-state index contributed by atoms with van der Waals surface area (Å²) in [7, 11) is 0. The van der Waals surface area contributed by atoms with Crippen LogP contribution in [0.1, 0.15) is 43.7 Å². The van der Waals surface area contributed by atoms with Crippen LogP contribution in [0.4, 0.5) is 9.18 Å². The van der Waals surface area contributed by atoms with Crippen molar-refractivity contribution in [3.63, 3.8) is 0 Å². The van der Waals surface area contributed by atoms with E-state index >= 15 is 0 Å². The van der Waals surface area contributed by atoms with Crippen LogP contribution in [0, 0.1) is 11.7 Å². The molecule has 1 saturated heterocycles. The van der Waals surface area contributed by atoms with Crippen molar-refractivity contribution in [1.29, 1.82) is 0 Å². The SMILES string of the molecule is O=C(N[C@H]1CCOc2c(F)cccc21)N1CCCC(CCO)CC1. The number of hydrogen-bond donors (Lipinski definition) is 2. The number of nitrogens with zero attached hydrogens (tertiary/aromatic N) is 1. The highest BCUT2D eigenvalue weighted by molar-refractivity contribution is 5.75. The molecule has 1 unspecified atom stereocenters. The number of carbonyl (C=O) groups excluding carboxylic acids is 1. The molecule has 5 nitrogen and oxygen atoms in total. The first-order valence-electron chi connectivity index (χ1n) is 8.76. The molecule has 1 fully saturated rings. The first-order chi connectivity index (χ1) is 11.7. The van der Waals surface area contributed by atoms with Crippen molar-refractivity contribution in [2.75, 3.05) is 26.3 Å². The van der Waals surface area contributed by atoms with Gasteiger partial charge in [-0.1, -0.05) is 12.1 Å². The van der Waals surface area contributed by atoms with Crippen molar-refractivity contribution in [2.45, 2.75) is 38.1 Å². The number of para-hydroxylation sites is 1. The third-order valence-corrected chi connectivity index (χ3v) is 5.00. The minimum absolute atomic E-state index is 0.0956. The predicted octanol–water partition coefficient (Wildman–Crippen LogP) is 2.84. The summed E-state index contributed by atoms with van der Waals surface area (Å²) in [5.41, 5.74) is 0.711. The van der Waals surface area contributed by atoms with Gasteiger partial charge in [0.15, 0.2) is 11.6 Å². The number of aliphatic hydroxyl groups is 1. The quantitative estimate of drug-likeness (QED) is 0.892. The number of nitrogens with one attached hydrogen (secondary N) is 1. The van der Waals surface area contributed by atoms with Gasteiger partial charge in [-0.05, 0) is 37.7 Å². The summed E-state index contributed by atoms with van der Waals surface area (Å²) in [6, 6.07) is 4.52. The van der Waals surface area contributed by atoms with E-state index in [-0.39, 0.29) is 30.2 Å². The Hall–Kier alpha value is -1.82. The second-order valence-corrected chi connectivity index (χ2v) is 6.59. The number of urea groups is 1. The molecule has 24 heavy (non-hydrogen) atoms. The molecule has 2 amide bonds. The molecule has 0 saturated carbocycles. The second kappa shape index (κ2) is 7.83. The molecule has 0 radical (unpaired) electrons. The number of benzene rings is 1. The standard InChI is InChI=1S/C18H25FN2O3/c19-15-5-1-4-14-16(8-12-24-17(14)15)20-18(23)21-9-2-3-13(6-10-21)7-11-22/h1,4-5,13,16,22H,2-3,6-12H2,(H,20,23)/t13?,16-/m0/s1. The van der Waals surface area contributed by atoms with Gasteiger partial charge in [-0.15, -0.1) is 0 Å². The molecule has 1 aromatic carbocycles. The van der Waals surface area contributed by atoms with Crippen LogP contribution >= 0.6 is 0 Å². The molecule has 2 atom stereocenters. The predicted molar refractivity (Wildman–Crippen MR) is 88.4 cm³/mol. The highest BCUT2D eigenvalue weighted by atomic mass is 19.1. The molecule has 0 aliphatic carbocycles. The minimum Gasteiger partial charge on any atom is -0.490 e. The summed E-state index contributed by atoms with van der Waals surface area (Å²) in [4.78, 5) is 14.4. The monoisotopic (exact) mass is 336 g/mol. The van der Waals surface area contributed by atoms with Gasteiger partial charge in [0.05, 0.1) is 12.6 Å². The van der Waals surface area contributed by atoms with Crippen LogP contribution in [0.25, 0.3) is 0 Å². The molecule has 3 rings (SSSR count). The van der Waals surface area contributed by atoms with E-state index in [1.807, 2.05) is 11.0 Å². The van der Waals surface area contributed by atoms with E-state index in [0.29, 0.717) is 31.1 Å². The molecule has 0 bridgehead atoms. The number of fused-ring (bicyclic) bond motifs is 1. The number of aliphatic hydroxyl groups excluding tert-OH is 1. The van der Waals surface area contributed by atoms with Crippen LogP contribution in [0.15, 0.2) is 18.2 Å². The first-order valence-corrected chi connectivity index (χ1v) is 8.76. The fraction of sp³-hybridized carbons (Fsp3) is 0.611. The maximum Gasteiger partial charge on any atom is 0.317 e. The van der Waals surface area contributed by atoms with E-state index in [9.17, 15) is 9.18 Å². The van der Waals surface area contributed by atoms with Crippen LogP contribution < -0.4 is 10.1 Å². The highest BCUT2D eigenvalue weighted by Crippen LogP contribution is 2.34. The van der Waals surface area contributed by atoms with E-state index in [1.54, 1.807) is 6.07 Å². The highest BCUT2D eigenvalue weighted by Gasteiger charge is 2.27. The average Bonchev–Trinajstić information content (AvgIpc) is 2.82. The van der Waals surface area contributed by atoms with Crippen molar-refractivity contribution in [1.82, 2.24) is 10.2 Å². The van der Waals surface area contributed by atoms with E-state index in [4.69, 9.17) is 9.84 Å². The molecule has 1 aromatic rings. The lowest BCUT2D eigenvalue weighted by Crippen LogP contribution is -2.43. The zero-order chi connectivity index (χ0) is 16.9. The molecule has 2 aliphatic heterocycles. The van der Waals surface area contributed by atoms with Crippen LogP contribution in [-0.4, -0.2) is 42.3 Å². The average molecular weight is 336 g/mol. The Morgan fingerprint density at radius 2 is 2.21 bits per heavy atom. The van der Waals surface area contributed by atoms with Crippen LogP contribution in [-0.2, 0) is 0 Å². The Kier molecular flexibility index (Phi) is 5.56. The van der Waals surface area contributed by atoms with Crippen molar-refractivity contribution in [3.8, 4) is 5.75 Å². The van der Waals surface area contributed by atoms with Gasteiger partial charge in [-0.2, -0.15) is 0 Å². The zero-order valence-electron chi connectivity index (χ0n) is 13.8. The number of likely N-dealkylation sites (tertiary alicyclic amines) is 1. The Bertz CT molecular complexity index is 581. The zero-order valence-corrected chi connectivity index (χ0v) is 13.8. The van der Waals surface area contributed by atoms with Gasteiger partial charge in [0, 0.05) is 31.7 Å². The van der Waals surface area contributed by atoms with Crippen molar-refractivity contribution in [3.05, 3.63) is 29.6 Å². The van der Waals surface area contributed by atoms with E-state index in [0.717, 1.165) is 32.2 Å². The molecular formula is C18H25FN2O3. The van der Waals surface area contributed by atoms with E-state index in [1.165, 1.54) is 6.07 Å². The second-order valence-electron chi connectivity index (χ2n) is 6.59. The Balaban J connectivity index is 1.63. The van der Waals surface area contributed by atoms with Gasteiger partial charge in [0.2, 0.25) is 0 Å². The van der Waals surface area contributed by atoms with Crippen molar-refractivity contribution >= 4 is 6.03 Å². The van der Waals surface area contributed by atoms with Gasteiger partial charge in [0.1, 0.15) is 0 Å². The lowest BCUT2D eigenvalue weighted by Gasteiger charge is -2.29. The third kappa shape index (κ3) is 3.80. The normalized spacial score (nSPS) is 23.8. The number of rotatable bonds is 3. The fourth-order valence-electron chi connectivity index (χ4n) is 3.62. The van der Waals surface area contributed by atoms with Crippen LogP contribution in [0.5, 0.6) is 5.75 Å². The topological polar surface area (TPSA) is 61.8 Å². The summed E-state index contributed by atoms with van der Waals surface area (Å²) in [5, 5.41) is 12.1. The number of carbonyl (C=O) groups is 1. The summed E-state index contributed by atoms with van der Waals surface area (Å²) >= 11 is 0. The smallest absolute Gasteiger partial charge is 0.317 e. The molecule has 0 spiro atoms. The minimum atomic E-state index is -0.381. The Morgan fingerprint density at radius 3 is 3.04 bits per heavy atom. The molecule has 0 aromatic heterocycles. The van der Waals surface area contributed by atoms with Gasteiger partial charge >= 0.3 is 6.03 Å². The largest absolute Gasteiger partial charge is 0.490 e. The number of hydrogen-bond acceptors (Lipinski definition) is 3. The van der Waals surface area contributed by atoms with Gasteiger partial charge in [-0.3, -0.25) is 0 Å². The van der Waals surface area contributed by atoms with Crippen molar-refractivity contribution in [2.24, 2.45) is 5.92 Å². The summed E-state index contributed by atoms with van der Waals surface area (Å²) < 4.78 is 19.2. The third-order valence-electron chi connectivity index (χ3n) is 5.00. The van der Waals surface area contributed by atoms with Crippen LogP contribution in [0.2, 0.25) is 0 Å². The van der Waals surface area contributed by atoms with Crippen molar-refractivity contribution < 1.29 is 19.0 Å². The van der Waals surface area contributed by atoms with Gasteiger partial charge < -0.3 is 20.1 Å². The molecule has 6 heteroatoms. The summed E-state index contributed by atoms with van der Waals surface area (Å²) in [6.07, 6.45) is 4.38. The van der Waals surface area contributed by atoms with Gasteiger partial charge in [-0.25, -0.2) is 9.18 Å². The number of ether oxygens (including phenoxy) is 1. The lowest BCUT2D eigenvalue weighted by atomic mass is 9.98. The molecule has 2 aliphatic rings. The molecular weight excluding hydrogens is 311 g/mol. The Morgan fingerprint density at radius 1 is 1.33 bits per heavy atom. The lowest BCUT2D eigenvalue weighted by molar-refractivity contribution is 0.185. The molecule has 132 valence electrons.